The van der Waals surface area contributed by atoms with E-state index in [4.69, 9.17) is 16.7 Å². The van der Waals surface area contributed by atoms with Gasteiger partial charge in [-0.15, -0.1) is 11.3 Å². The number of aliphatic hydroxyl groups excluding tert-OH is 1. The molecule has 1 aromatic carbocycles. The maximum atomic E-state index is 12.2. The number of aromatic nitrogens is 2. The third kappa shape index (κ3) is 4.09. The second kappa shape index (κ2) is 8.20. The zero-order valence-electron chi connectivity index (χ0n) is 14.8. The van der Waals surface area contributed by atoms with Gasteiger partial charge >= 0.3 is 0 Å². The Morgan fingerprint density at radius 2 is 2.23 bits per heavy atom. The zero-order chi connectivity index (χ0) is 18.7. The molecule has 26 heavy (non-hydrogen) atoms. The van der Waals surface area contributed by atoms with Gasteiger partial charge in [0.15, 0.2) is 5.13 Å². The molecule has 2 N–H and O–H groups in total. The van der Waals surface area contributed by atoms with Gasteiger partial charge < -0.3 is 10.4 Å². The Hall–Kier alpha value is -1.89. The summed E-state index contributed by atoms with van der Waals surface area (Å²) in [5.41, 5.74) is 2.63. The third-order valence-electron chi connectivity index (χ3n) is 4.03. The fourth-order valence-electron chi connectivity index (χ4n) is 2.88. The van der Waals surface area contributed by atoms with Crippen molar-refractivity contribution in [2.24, 2.45) is 5.92 Å². The van der Waals surface area contributed by atoms with E-state index in [1.54, 1.807) is 5.38 Å². The number of carbonyl (C=O) groups is 1. The molecule has 0 saturated heterocycles. The fourth-order valence-corrected chi connectivity index (χ4v) is 3.84. The first kappa shape index (κ1) is 18.9. The Bertz CT molecular complexity index is 917. The lowest BCUT2D eigenvalue weighted by atomic mass is 10.0. The number of hydrogen-bond donors (Lipinski definition) is 2. The number of nitrogens with zero attached hydrogens (tertiary/aromatic N) is 2. The largest absolute Gasteiger partial charge is 0.396 e. The summed E-state index contributed by atoms with van der Waals surface area (Å²) in [7, 11) is 0. The zero-order valence-corrected chi connectivity index (χ0v) is 16.4. The second-order valence-corrected chi connectivity index (χ2v) is 7.91. The number of fused-ring (bicyclic) bond motifs is 1. The highest BCUT2D eigenvalue weighted by Gasteiger charge is 2.16. The second-order valence-electron chi connectivity index (χ2n) is 6.63. The standard InChI is InChI=1S/C19H22ClN3O2S/c1-12(2)8-13-10-23(17-9-14(20)4-5-15(13)17)19-22-16(11-26-19)18(25)21-6-3-7-24/h4-5,9-12,24H,3,6-8H2,1-2H3,(H,21,25). The number of rotatable bonds is 7. The van der Waals surface area contributed by atoms with Gasteiger partial charge in [0.05, 0.1) is 5.52 Å². The van der Waals surface area contributed by atoms with Gasteiger partial charge in [0, 0.05) is 35.1 Å². The summed E-state index contributed by atoms with van der Waals surface area (Å²) in [6, 6.07) is 5.88. The highest BCUT2D eigenvalue weighted by Crippen LogP contribution is 2.30. The SMILES string of the molecule is CC(C)Cc1cn(-c2nc(C(=O)NCCCO)cs2)c2cc(Cl)ccc12. The van der Waals surface area contributed by atoms with Crippen molar-refractivity contribution in [3.63, 3.8) is 0 Å². The molecule has 0 unspecified atom stereocenters. The molecule has 0 bridgehead atoms. The summed E-state index contributed by atoms with van der Waals surface area (Å²) in [4.78, 5) is 16.6. The van der Waals surface area contributed by atoms with Crippen LogP contribution < -0.4 is 5.32 Å². The van der Waals surface area contributed by atoms with E-state index in [2.05, 4.69) is 30.3 Å². The van der Waals surface area contributed by atoms with Gasteiger partial charge in [0.25, 0.3) is 5.91 Å². The van der Waals surface area contributed by atoms with Gasteiger partial charge in [-0.2, -0.15) is 0 Å². The Morgan fingerprint density at radius 3 is 2.96 bits per heavy atom. The van der Waals surface area contributed by atoms with Crippen molar-refractivity contribution in [3.8, 4) is 5.13 Å². The summed E-state index contributed by atoms with van der Waals surface area (Å²) in [5.74, 6) is 0.312. The summed E-state index contributed by atoms with van der Waals surface area (Å²) in [5, 5.41) is 15.9. The van der Waals surface area contributed by atoms with Crippen LogP contribution in [0.2, 0.25) is 5.02 Å². The van der Waals surface area contributed by atoms with Crippen LogP contribution in [0.3, 0.4) is 0 Å². The Morgan fingerprint density at radius 1 is 1.42 bits per heavy atom. The molecular weight excluding hydrogens is 370 g/mol. The van der Waals surface area contributed by atoms with Crippen LogP contribution in [0.1, 0.15) is 36.3 Å². The summed E-state index contributed by atoms with van der Waals surface area (Å²) in [6.07, 6.45) is 3.58. The minimum absolute atomic E-state index is 0.0529. The van der Waals surface area contributed by atoms with Crippen LogP contribution in [-0.2, 0) is 6.42 Å². The van der Waals surface area contributed by atoms with Crippen LogP contribution in [0.5, 0.6) is 0 Å². The number of halogens is 1. The lowest BCUT2D eigenvalue weighted by molar-refractivity contribution is 0.0947. The summed E-state index contributed by atoms with van der Waals surface area (Å²) < 4.78 is 2.01. The number of amides is 1. The molecule has 0 atom stereocenters. The maximum absolute atomic E-state index is 12.2. The normalized spacial score (nSPS) is 11.4. The van der Waals surface area contributed by atoms with E-state index in [0.29, 0.717) is 29.6 Å². The Kier molecular flexibility index (Phi) is 5.96. The third-order valence-corrected chi connectivity index (χ3v) is 5.10. The van der Waals surface area contributed by atoms with Gasteiger partial charge in [0.2, 0.25) is 0 Å². The first-order valence-corrected chi connectivity index (χ1v) is 9.89. The van der Waals surface area contributed by atoms with Gasteiger partial charge in [-0.3, -0.25) is 9.36 Å². The molecule has 2 aromatic heterocycles. The number of thiazole rings is 1. The van der Waals surface area contributed by atoms with Crippen LogP contribution in [0.15, 0.2) is 29.8 Å². The quantitative estimate of drug-likeness (QED) is 0.597. The predicted molar refractivity (Wildman–Crippen MR) is 107 cm³/mol. The van der Waals surface area contributed by atoms with E-state index in [1.807, 2.05) is 22.8 Å². The minimum Gasteiger partial charge on any atom is -0.396 e. The average Bonchev–Trinajstić information content (AvgIpc) is 3.19. The molecular formula is C19H22ClN3O2S. The van der Waals surface area contributed by atoms with E-state index >= 15 is 0 Å². The highest BCUT2D eigenvalue weighted by atomic mass is 35.5. The van der Waals surface area contributed by atoms with Crippen LogP contribution in [-0.4, -0.2) is 33.7 Å². The van der Waals surface area contributed by atoms with Gasteiger partial charge in [0.1, 0.15) is 5.69 Å². The smallest absolute Gasteiger partial charge is 0.270 e. The van der Waals surface area contributed by atoms with Crippen molar-refractivity contribution in [2.45, 2.75) is 26.7 Å². The Labute approximate surface area is 161 Å². The number of aliphatic hydroxyl groups is 1. The molecule has 2 heterocycles. The van der Waals surface area contributed by atoms with Crippen molar-refractivity contribution >= 4 is 39.7 Å². The summed E-state index contributed by atoms with van der Waals surface area (Å²) in [6.45, 7) is 4.87. The lowest BCUT2D eigenvalue weighted by Gasteiger charge is -2.02. The first-order chi connectivity index (χ1) is 12.5. The predicted octanol–water partition coefficient (Wildman–Crippen LogP) is 4.05. The molecule has 0 spiro atoms. The first-order valence-electron chi connectivity index (χ1n) is 8.64. The van der Waals surface area contributed by atoms with Crippen molar-refractivity contribution in [1.82, 2.24) is 14.9 Å². The maximum Gasteiger partial charge on any atom is 0.270 e. The highest BCUT2D eigenvalue weighted by molar-refractivity contribution is 7.12. The summed E-state index contributed by atoms with van der Waals surface area (Å²) >= 11 is 7.63. The fraction of sp³-hybridized carbons (Fsp3) is 0.368. The number of hydrogen-bond acceptors (Lipinski definition) is 4. The van der Waals surface area contributed by atoms with Crippen LogP contribution in [0.4, 0.5) is 0 Å². The molecule has 7 heteroatoms. The molecule has 138 valence electrons. The topological polar surface area (TPSA) is 67.2 Å². The molecule has 0 fully saturated rings. The van der Waals surface area contributed by atoms with E-state index in [0.717, 1.165) is 22.5 Å². The molecule has 0 aliphatic heterocycles. The molecule has 5 nitrogen and oxygen atoms in total. The van der Waals surface area contributed by atoms with Gasteiger partial charge in [-0.05, 0) is 36.5 Å². The monoisotopic (exact) mass is 391 g/mol. The molecule has 0 saturated carbocycles. The molecule has 0 aliphatic carbocycles. The number of nitrogens with one attached hydrogen (secondary N) is 1. The van der Waals surface area contributed by atoms with Crippen molar-refractivity contribution in [1.29, 1.82) is 0 Å². The number of carbonyl (C=O) groups excluding carboxylic acids is 1. The lowest BCUT2D eigenvalue weighted by Crippen LogP contribution is -2.25. The van der Waals surface area contributed by atoms with Crippen molar-refractivity contribution < 1.29 is 9.90 Å². The molecule has 3 rings (SSSR count). The van der Waals surface area contributed by atoms with Crippen LogP contribution in [0.25, 0.3) is 16.0 Å². The van der Waals surface area contributed by atoms with E-state index < -0.39 is 0 Å². The number of benzene rings is 1. The van der Waals surface area contributed by atoms with Crippen molar-refractivity contribution in [2.75, 3.05) is 13.2 Å². The Balaban J connectivity index is 1.95. The van der Waals surface area contributed by atoms with E-state index in [9.17, 15) is 4.79 Å². The van der Waals surface area contributed by atoms with Gasteiger partial charge in [-0.1, -0.05) is 31.5 Å². The molecule has 1 amide bonds. The molecule has 0 radical (unpaired) electrons. The average molecular weight is 392 g/mol. The van der Waals surface area contributed by atoms with Crippen LogP contribution in [0, 0.1) is 5.92 Å². The van der Waals surface area contributed by atoms with E-state index in [1.165, 1.54) is 16.9 Å². The van der Waals surface area contributed by atoms with E-state index in [-0.39, 0.29) is 12.5 Å². The van der Waals surface area contributed by atoms with Crippen molar-refractivity contribution in [3.05, 3.63) is 46.1 Å². The minimum atomic E-state index is -0.224. The molecule has 0 aliphatic rings. The van der Waals surface area contributed by atoms with Crippen LogP contribution >= 0.6 is 22.9 Å². The molecule has 3 aromatic rings. The van der Waals surface area contributed by atoms with Gasteiger partial charge in [-0.25, -0.2) is 4.98 Å².